The molecule has 128 valence electrons. The monoisotopic (exact) mass is 351 g/mol. The minimum Gasteiger partial charge on any atom is -0.481 e. The van der Waals surface area contributed by atoms with Gasteiger partial charge >= 0.3 is 0 Å². The Labute approximate surface area is 152 Å². The first-order chi connectivity index (χ1) is 12.1. The summed E-state index contributed by atoms with van der Waals surface area (Å²) in [6.07, 6.45) is -0.576. The molecule has 25 heavy (non-hydrogen) atoms. The van der Waals surface area contributed by atoms with Gasteiger partial charge in [0, 0.05) is 4.88 Å². The van der Waals surface area contributed by atoms with Crippen molar-refractivity contribution in [1.29, 1.82) is 0 Å². The first kappa shape index (κ1) is 17.2. The van der Waals surface area contributed by atoms with Gasteiger partial charge in [-0.2, -0.15) is 0 Å². The molecule has 0 unspecified atom stereocenters. The fourth-order valence-electron chi connectivity index (χ4n) is 2.63. The van der Waals surface area contributed by atoms with Crippen LogP contribution >= 0.6 is 11.3 Å². The van der Waals surface area contributed by atoms with Crippen LogP contribution < -0.4 is 10.1 Å². The van der Waals surface area contributed by atoms with Gasteiger partial charge in [-0.05, 0) is 48.6 Å². The molecule has 1 aromatic heterocycles. The fraction of sp³-hybridized carbons (Fsp3) is 0.190. The normalized spacial score (nSPS) is 13.0. The van der Waals surface area contributed by atoms with Crippen molar-refractivity contribution in [2.45, 2.75) is 26.0 Å². The number of hydrogen-bond donors (Lipinski definition) is 1. The maximum absolute atomic E-state index is 12.7. The van der Waals surface area contributed by atoms with Gasteiger partial charge < -0.3 is 10.1 Å². The van der Waals surface area contributed by atoms with Gasteiger partial charge in [-0.1, -0.05) is 48.5 Å². The van der Waals surface area contributed by atoms with Gasteiger partial charge in [0.25, 0.3) is 5.91 Å². The zero-order chi connectivity index (χ0) is 17.6. The van der Waals surface area contributed by atoms with E-state index in [0.29, 0.717) is 5.75 Å². The van der Waals surface area contributed by atoms with Crippen LogP contribution in [0.5, 0.6) is 5.75 Å². The summed E-state index contributed by atoms with van der Waals surface area (Å²) >= 11 is 1.63. The van der Waals surface area contributed by atoms with Crippen molar-refractivity contribution in [1.82, 2.24) is 5.32 Å². The van der Waals surface area contributed by atoms with Crippen molar-refractivity contribution >= 4 is 17.2 Å². The van der Waals surface area contributed by atoms with Crippen molar-refractivity contribution < 1.29 is 9.53 Å². The first-order valence-electron chi connectivity index (χ1n) is 8.25. The number of rotatable bonds is 6. The predicted octanol–water partition coefficient (Wildman–Crippen LogP) is 4.73. The summed E-state index contributed by atoms with van der Waals surface area (Å²) in [5.74, 6) is 0.568. The summed E-state index contributed by atoms with van der Waals surface area (Å²) in [4.78, 5) is 13.8. The standard InChI is InChI=1S/C21H21NO2S/c1-15-8-6-11-18(14-15)24-16(2)21(23)22-20(19-12-7-13-25-19)17-9-4-3-5-10-17/h3-14,16,20H,1-2H3,(H,22,23)/t16-,20-/m1/s1. The number of ether oxygens (including phenoxy) is 1. The van der Waals surface area contributed by atoms with E-state index in [1.807, 2.05) is 79.0 Å². The van der Waals surface area contributed by atoms with Gasteiger partial charge in [-0.15, -0.1) is 11.3 Å². The Bertz CT molecular complexity index is 815. The Morgan fingerprint density at radius 3 is 2.52 bits per heavy atom. The number of amides is 1. The molecule has 0 aliphatic rings. The number of benzene rings is 2. The van der Waals surface area contributed by atoms with Crippen molar-refractivity contribution in [3.8, 4) is 5.75 Å². The van der Waals surface area contributed by atoms with E-state index < -0.39 is 6.10 Å². The third-order valence-corrected chi connectivity index (χ3v) is 4.86. The zero-order valence-electron chi connectivity index (χ0n) is 14.3. The third-order valence-electron chi connectivity index (χ3n) is 3.92. The lowest BCUT2D eigenvalue weighted by Crippen LogP contribution is -2.38. The summed E-state index contributed by atoms with van der Waals surface area (Å²) in [6, 6.07) is 21.6. The average molecular weight is 351 g/mol. The molecular weight excluding hydrogens is 330 g/mol. The highest BCUT2D eigenvalue weighted by Gasteiger charge is 2.22. The highest BCUT2D eigenvalue weighted by Crippen LogP contribution is 2.26. The van der Waals surface area contributed by atoms with Gasteiger partial charge in [0.15, 0.2) is 6.10 Å². The minimum absolute atomic E-state index is 0.135. The van der Waals surface area contributed by atoms with Gasteiger partial charge in [-0.25, -0.2) is 0 Å². The molecule has 3 aromatic rings. The number of nitrogens with one attached hydrogen (secondary N) is 1. The topological polar surface area (TPSA) is 38.3 Å². The van der Waals surface area contributed by atoms with Crippen LogP contribution in [0.25, 0.3) is 0 Å². The van der Waals surface area contributed by atoms with Gasteiger partial charge in [0.05, 0.1) is 6.04 Å². The lowest BCUT2D eigenvalue weighted by atomic mass is 10.1. The summed E-state index contributed by atoms with van der Waals surface area (Å²) in [6.45, 7) is 3.77. The molecule has 0 bridgehead atoms. The Morgan fingerprint density at radius 2 is 1.84 bits per heavy atom. The maximum atomic E-state index is 12.7. The van der Waals surface area contributed by atoms with Crippen LogP contribution in [0.4, 0.5) is 0 Å². The SMILES string of the molecule is Cc1cccc(O[C@H](C)C(=O)N[C@H](c2ccccc2)c2cccs2)c1. The molecular formula is C21H21NO2S. The molecule has 0 aliphatic heterocycles. The lowest BCUT2D eigenvalue weighted by molar-refractivity contribution is -0.127. The summed E-state index contributed by atoms with van der Waals surface area (Å²) in [5.41, 5.74) is 2.16. The molecule has 0 saturated heterocycles. The Hall–Kier alpha value is -2.59. The number of thiophene rings is 1. The van der Waals surface area contributed by atoms with Gasteiger partial charge in [-0.3, -0.25) is 4.79 Å². The summed E-state index contributed by atoms with van der Waals surface area (Å²) in [7, 11) is 0. The van der Waals surface area contributed by atoms with Crippen LogP contribution in [-0.2, 0) is 4.79 Å². The molecule has 0 spiro atoms. The van der Waals surface area contributed by atoms with E-state index in [1.54, 1.807) is 18.3 Å². The number of hydrogen-bond acceptors (Lipinski definition) is 3. The van der Waals surface area contributed by atoms with E-state index in [4.69, 9.17) is 4.74 Å². The van der Waals surface area contributed by atoms with Crippen molar-refractivity contribution in [2.75, 3.05) is 0 Å². The zero-order valence-corrected chi connectivity index (χ0v) is 15.1. The second kappa shape index (κ2) is 7.99. The lowest BCUT2D eigenvalue weighted by Gasteiger charge is -2.21. The van der Waals surface area contributed by atoms with Gasteiger partial charge in [0.2, 0.25) is 0 Å². The third kappa shape index (κ3) is 4.48. The first-order valence-corrected chi connectivity index (χ1v) is 9.13. The summed E-state index contributed by atoms with van der Waals surface area (Å²) in [5, 5.41) is 5.13. The molecule has 2 atom stereocenters. The van der Waals surface area contributed by atoms with Gasteiger partial charge in [0.1, 0.15) is 5.75 Å². The van der Waals surface area contributed by atoms with Crippen molar-refractivity contribution in [3.05, 3.63) is 88.1 Å². The Morgan fingerprint density at radius 1 is 1.04 bits per heavy atom. The van der Waals surface area contributed by atoms with E-state index in [0.717, 1.165) is 16.0 Å². The number of carbonyl (C=O) groups is 1. The molecule has 2 aromatic carbocycles. The maximum Gasteiger partial charge on any atom is 0.261 e. The second-order valence-corrected chi connectivity index (χ2v) is 6.92. The van der Waals surface area contributed by atoms with E-state index >= 15 is 0 Å². The average Bonchev–Trinajstić information content (AvgIpc) is 3.14. The largest absolute Gasteiger partial charge is 0.481 e. The van der Waals surface area contributed by atoms with E-state index in [2.05, 4.69) is 5.32 Å². The summed E-state index contributed by atoms with van der Waals surface area (Å²) < 4.78 is 5.80. The Balaban J connectivity index is 1.74. The molecule has 1 amide bonds. The van der Waals surface area contributed by atoms with Crippen LogP contribution in [0.2, 0.25) is 0 Å². The van der Waals surface area contributed by atoms with E-state index in [1.165, 1.54) is 0 Å². The smallest absolute Gasteiger partial charge is 0.261 e. The van der Waals surface area contributed by atoms with Crippen molar-refractivity contribution in [3.63, 3.8) is 0 Å². The minimum atomic E-state index is -0.576. The fourth-order valence-corrected chi connectivity index (χ4v) is 3.43. The Kier molecular flexibility index (Phi) is 5.51. The molecule has 4 heteroatoms. The van der Waals surface area contributed by atoms with Crippen LogP contribution in [0.15, 0.2) is 72.1 Å². The molecule has 0 saturated carbocycles. The molecule has 1 N–H and O–H groups in total. The van der Waals surface area contributed by atoms with E-state index in [9.17, 15) is 4.79 Å². The molecule has 0 radical (unpaired) electrons. The highest BCUT2D eigenvalue weighted by atomic mass is 32.1. The molecule has 3 nitrogen and oxygen atoms in total. The predicted molar refractivity (Wildman–Crippen MR) is 102 cm³/mol. The van der Waals surface area contributed by atoms with Crippen LogP contribution in [0.3, 0.4) is 0 Å². The molecule has 3 rings (SSSR count). The number of carbonyl (C=O) groups excluding carboxylic acids is 1. The highest BCUT2D eigenvalue weighted by molar-refractivity contribution is 7.10. The number of aryl methyl sites for hydroxylation is 1. The van der Waals surface area contributed by atoms with Crippen LogP contribution in [0.1, 0.15) is 29.0 Å². The van der Waals surface area contributed by atoms with Crippen LogP contribution in [-0.4, -0.2) is 12.0 Å². The van der Waals surface area contributed by atoms with Crippen molar-refractivity contribution in [2.24, 2.45) is 0 Å². The molecule has 0 aliphatic carbocycles. The molecule has 1 heterocycles. The molecule has 0 fully saturated rings. The second-order valence-electron chi connectivity index (χ2n) is 5.94. The quantitative estimate of drug-likeness (QED) is 0.697. The van der Waals surface area contributed by atoms with E-state index in [-0.39, 0.29) is 11.9 Å². The van der Waals surface area contributed by atoms with Crippen LogP contribution in [0, 0.1) is 6.92 Å².